The minimum absolute atomic E-state index is 0.0756. The minimum Gasteiger partial charge on any atom is -0.451 e. The lowest BCUT2D eigenvalue weighted by Gasteiger charge is -2.32. The van der Waals surface area contributed by atoms with E-state index < -0.39 is 28.1 Å². The van der Waals surface area contributed by atoms with E-state index in [-0.39, 0.29) is 22.6 Å². The van der Waals surface area contributed by atoms with E-state index in [1.54, 1.807) is 11.9 Å². The zero-order valence-corrected chi connectivity index (χ0v) is 18.7. The van der Waals surface area contributed by atoms with Crippen LogP contribution >= 0.6 is 0 Å². The number of esters is 1. The SMILES string of the molecule is CC(=O)c1ccc(S(=O)(=O)N[C@@H](C)C(=O)O[C@@H](C)C(=O)N(C)C2CCCCC2)cc1. The Bertz CT molecular complexity index is 875. The van der Waals surface area contributed by atoms with Crippen molar-refractivity contribution in [3.63, 3.8) is 0 Å². The second-order valence-electron chi connectivity index (χ2n) is 7.74. The summed E-state index contributed by atoms with van der Waals surface area (Å²) in [6, 6.07) is 4.35. The van der Waals surface area contributed by atoms with Crippen molar-refractivity contribution in [3.05, 3.63) is 29.8 Å². The fourth-order valence-corrected chi connectivity index (χ4v) is 4.67. The molecular weight excluding hydrogens is 408 g/mol. The highest BCUT2D eigenvalue weighted by Crippen LogP contribution is 2.22. The van der Waals surface area contributed by atoms with Crippen LogP contribution in [0.5, 0.6) is 0 Å². The molecule has 0 aliphatic heterocycles. The van der Waals surface area contributed by atoms with Crippen molar-refractivity contribution >= 4 is 27.7 Å². The number of rotatable bonds is 8. The first-order valence-electron chi connectivity index (χ1n) is 10.1. The molecule has 0 unspecified atom stereocenters. The Kier molecular flexibility index (Phi) is 8.14. The van der Waals surface area contributed by atoms with Crippen molar-refractivity contribution in [3.8, 4) is 0 Å². The molecule has 1 fully saturated rings. The molecule has 2 rings (SSSR count). The highest BCUT2D eigenvalue weighted by Gasteiger charge is 2.30. The van der Waals surface area contributed by atoms with Crippen LogP contribution in [0.3, 0.4) is 0 Å². The van der Waals surface area contributed by atoms with Gasteiger partial charge in [-0.2, -0.15) is 4.72 Å². The number of likely N-dealkylation sites (N-methyl/N-ethyl adjacent to an activating group) is 1. The van der Waals surface area contributed by atoms with Crippen molar-refractivity contribution in [2.45, 2.75) is 76.0 Å². The van der Waals surface area contributed by atoms with Crippen LogP contribution in [-0.2, 0) is 24.3 Å². The first-order valence-corrected chi connectivity index (χ1v) is 11.6. The Balaban J connectivity index is 1.95. The molecule has 2 atom stereocenters. The molecule has 9 heteroatoms. The summed E-state index contributed by atoms with van der Waals surface area (Å²) in [5.74, 6) is -1.32. The summed E-state index contributed by atoms with van der Waals surface area (Å²) < 4.78 is 32.4. The molecular formula is C21H30N2O6S. The average Bonchev–Trinajstić information content (AvgIpc) is 2.72. The molecule has 1 aliphatic rings. The van der Waals surface area contributed by atoms with Gasteiger partial charge in [0.05, 0.1) is 4.90 Å². The van der Waals surface area contributed by atoms with E-state index in [9.17, 15) is 22.8 Å². The molecule has 30 heavy (non-hydrogen) atoms. The number of hydrogen-bond donors (Lipinski definition) is 1. The highest BCUT2D eigenvalue weighted by molar-refractivity contribution is 7.89. The van der Waals surface area contributed by atoms with Crippen LogP contribution < -0.4 is 4.72 Å². The van der Waals surface area contributed by atoms with Gasteiger partial charge in [0.2, 0.25) is 10.0 Å². The van der Waals surface area contributed by atoms with Gasteiger partial charge in [-0.3, -0.25) is 14.4 Å². The largest absolute Gasteiger partial charge is 0.451 e. The Hall–Kier alpha value is -2.26. The number of carbonyl (C=O) groups is 3. The Morgan fingerprint density at radius 1 is 1.07 bits per heavy atom. The van der Waals surface area contributed by atoms with Gasteiger partial charge in [0.1, 0.15) is 6.04 Å². The molecule has 0 radical (unpaired) electrons. The van der Waals surface area contributed by atoms with Crippen LogP contribution in [0, 0.1) is 0 Å². The standard InChI is InChI=1S/C21H30N2O6S/c1-14(22-30(27,28)19-12-10-17(11-13-19)15(2)24)21(26)29-16(3)20(25)23(4)18-8-6-5-7-9-18/h10-14,16,18,22H,5-9H2,1-4H3/t14-,16-/m0/s1. The predicted molar refractivity (Wildman–Crippen MR) is 111 cm³/mol. The maximum absolute atomic E-state index is 12.6. The molecule has 1 aromatic rings. The molecule has 1 amide bonds. The summed E-state index contributed by atoms with van der Waals surface area (Å²) >= 11 is 0. The number of sulfonamides is 1. The Morgan fingerprint density at radius 2 is 1.63 bits per heavy atom. The molecule has 8 nitrogen and oxygen atoms in total. The Labute approximate surface area is 178 Å². The van der Waals surface area contributed by atoms with Crippen molar-refractivity contribution < 1.29 is 27.5 Å². The fraction of sp³-hybridized carbons (Fsp3) is 0.571. The molecule has 1 aromatic carbocycles. The van der Waals surface area contributed by atoms with Crippen LogP contribution in [0.4, 0.5) is 0 Å². The van der Waals surface area contributed by atoms with E-state index in [1.807, 2.05) is 0 Å². The number of nitrogens with zero attached hydrogens (tertiary/aromatic N) is 1. The number of benzene rings is 1. The molecule has 1 N–H and O–H groups in total. The van der Waals surface area contributed by atoms with Gasteiger partial charge in [-0.25, -0.2) is 8.42 Å². The third-order valence-corrected chi connectivity index (χ3v) is 6.92. The van der Waals surface area contributed by atoms with E-state index in [2.05, 4.69) is 4.72 Å². The zero-order chi connectivity index (χ0) is 22.5. The lowest BCUT2D eigenvalue weighted by atomic mass is 9.94. The number of amides is 1. The van der Waals surface area contributed by atoms with Crippen molar-refractivity contribution in [1.82, 2.24) is 9.62 Å². The molecule has 0 bridgehead atoms. The molecule has 166 valence electrons. The average molecular weight is 439 g/mol. The number of nitrogens with one attached hydrogen (secondary N) is 1. The van der Waals surface area contributed by atoms with Crippen LogP contribution in [0.15, 0.2) is 29.2 Å². The van der Waals surface area contributed by atoms with E-state index in [0.29, 0.717) is 5.56 Å². The maximum atomic E-state index is 12.6. The predicted octanol–water partition coefficient (Wildman–Crippen LogP) is 2.28. The van der Waals surface area contributed by atoms with Gasteiger partial charge in [0, 0.05) is 18.7 Å². The summed E-state index contributed by atoms with van der Waals surface area (Å²) in [4.78, 5) is 37.8. The summed E-state index contributed by atoms with van der Waals surface area (Å²) in [7, 11) is -2.29. The monoisotopic (exact) mass is 438 g/mol. The summed E-state index contributed by atoms with van der Waals surface area (Å²) in [6.07, 6.45) is 4.17. The van der Waals surface area contributed by atoms with Crippen LogP contribution in [0.25, 0.3) is 0 Å². The third kappa shape index (κ3) is 6.12. The number of ether oxygens (including phenoxy) is 1. The number of ketones is 1. The van der Waals surface area contributed by atoms with Gasteiger partial charge in [-0.15, -0.1) is 0 Å². The minimum atomic E-state index is -3.99. The van der Waals surface area contributed by atoms with Crippen molar-refractivity contribution in [2.75, 3.05) is 7.05 Å². The van der Waals surface area contributed by atoms with Gasteiger partial charge < -0.3 is 9.64 Å². The van der Waals surface area contributed by atoms with Gasteiger partial charge in [-0.05, 0) is 45.7 Å². The number of carbonyl (C=O) groups excluding carboxylic acids is 3. The first-order chi connectivity index (χ1) is 14.0. The molecule has 0 saturated heterocycles. The Morgan fingerprint density at radius 3 is 2.17 bits per heavy atom. The van der Waals surface area contributed by atoms with E-state index in [1.165, 1.54) is 45.0 Å². The lowest BCUT2D eigenvalue weighted by Crippen LogP contribution is -2.46. The normalized spacial score (nSPS) is 17.1. The van der Waals surface area contributed by atoms with Crippen LogP contribution in [0.1, 0.15) is 63.2 Å². The maximum Gasteiger partial charge on any atom is 0.324 e. The van der Waals surface area contributed by atoms with Crippen molar-refractivity contribution in [2.24, 2.45) is 0 Å². The zero-order valence-electron chi connectivity index (χ0n) is 17.9. The van der Waals surface area contributed by atoms with Crippen LogP contribution in [0.2, 0.25) is 0 Å². The van der Waals surface area contributed by atoms with Gasteiger partial charge in [0.15, 0.2) is 11.9 Å². The second-order valence-corrected chi connectivity index (χ2v) is 9.46. The van der Waals surface area contributed by atoms with Gasteiger partial charge in [-0.1, -0.05) is 31.4 Å². The summed E-state index contributed by atoms with van der Waals surface area (Å²) in [5.41, 5.74) is 0.385. The third-order valence-electron chi connectivity index (χ3n) is 5.37. The molecule has 0 heterocycles. The summed E-state index contributed by atoms with van der Waals surface area (Å²) in [6.45, 7) is 4.22. The van der Waals surface area contributed by atoms with Gasteiger partial charge in [0.25, 0.3) is 5.91 Å². The second kappa shape index (κ2) is 10.2. The van der Waals surface area contributed by atoms with E-state index in [0.717, 1.165) is 32.1 Å². The molecule has 0 spiro atoms. The smallest absolute Gasteiger partial charge is 0.324 e. The van der Waals surface area contributed by atoms with E-state index in [4.69, 9.17) is 4.74 Å². The van der Waals surface area contributed by atoms with Crippen LogP contribution in [-0.4, -0.2) is 56.2 Å². The topological polar surface area (TPSA) is 110 Å². The van der Waals surface area contributed by atoms with E-state index >= 15 is 0 Å². The summed E-state index contributed by atoms with van der Waals surface area (Å²) in [5, 5.41) is 0. The highest BCUT2D eigenvalue weighted by atomic mass is 32.2. The molecule has 0 aromatic heterocycles. The van der Waals surface area contributed by atoms with Gasteiger partial charge >= 0.3 is 5.97 Å². The van der Waals surface area contributed by atoms with Crippen molar-refractivity contribution in [1.29, 1.82) is 0 Å². The fourth-order valence-electron chi connectivity index (χ4n) is 3.48. The molecule has 1 saturated carbocycles. The lowest BCUT2D eigenvalue weighted by molar-refractivity contribution is -0.160. The first kappa shape index (κ1) is 24.0. The number of Topliss-reactive ketones (excluding diaryl/α,β-unsaturated/α-hetero) is 1. The quantitative estimate of drug-likeness (QED) is 0.493. The molecule has 1 aliphatic carbocycles. The number of hydrogen-bond acceptors (Lipinski definition) is 6.